The second-order valence-corrected chi connectivity index (χ2v) is 6.75. The molecule has 0 atom stereocenters. The Morgan fingerprint density at radius 1 is 1.11 bits per heavy atom. The summed E-state index contributed by atoms with van der Waals surface area (Å²) in [7, 11) is 0. The van der Waals surface area contributed by atoms with E-state index in [1.165, 1.54) is 35.6 Å². The zero-order valence-electron chi connectivity index (χ0n) is 15.1. The van der Waals surface area contributed by atoms with Crippen LogP contribution in [0.15, 0.2) is 24.3 Å². The molecule has 2 aromatic rings. The lowest BCUT2D eigenvalue weighted by atomic mass is 10.1. The van der Waals surface area contributed by atoms with E-state index in [-0.39, 0.29) is 12.2 Å². The number of esters is 2. The van der Waals surface area contributed by atoms with Crippen molar-refractivity contribution in [3.63, 3.8) is 0 Å². The number of aryl methyl sites for hydroxylation is 1. The van der Waals surface area contributed by atoms with E-state index in [1.54, 1.807) is 13.8 Å². The Morgan fingerprint density at radius 2 is 1.78 bits per heavy atom. The molecule has 2 rings (SSSR count). The fourth-order valence-electron chi connectivity index (χ4n) is 2.22. The van der Waals surface area contributed by atoms with Crippen LogP contribution in [0.1, 0.15) is 43.6 Å². The summed E-state index contributed by atoms with van der Waals surface area (Å²) >= 11 is 1.25. The number of nitrogens with one attached hydrogen (secondary N) is 1. The zero-order valence-corrected chi connectivity index (χ0v) is 15.9. The van der Waals surface area contributed by atoms with Crippen molar-refractivity contribution in [3.05, 3.63) is 51.4 Å². The highest BCUT2D eigenvalue weighted by molar-refractivity contribution is 7.16. The van der Waals surface area contributed by atoms with Gasteiger partial charge in [0.05, 0.1) is 29.4 Å². The van der Waals surface area contributed by atoms with Gasteiger partial charge in [-0.15, -0.1) is 11.3 Å². The van der Waals surface area contributed by atoms with Crippen molar-refractivity contribution in [2.75, 3.05) is 18.5 Å². The Hall–Kier alpha value is -3.18. The number of benzene rings is 1. The summed E-state index contributed by atoms with van der Waals surface area (Å²) in [6.45, 7) is 5.04. The van der Waals surface area contributed by atoms with Crippen molar-refractivity contribution in [1.29, 1.82) is 5.26 Å². The summed E-state index contributed by atoms with van der Waals surface area (Å²) in [6.07, 6.45) is 0. The van der Waals surface area contributed by atoms with Gasteiger partial charge in [-0.2, -0.15) is 5.26 Å². The molecule has 7 nitrogen and oxygen atoms in total. The molecule has 0 radical (unpaired) electrons. The lowest BCUT2D eigenvalue weighted by Crippen LogP contribution is -2.21. The second-order valence-electron chi connectivity index (χ2n) is 5.52. The van der Waals surface area contributed by atoms with Crippen LogP contribution in [0.4, 0.5) is 5.00 Å². The predicted molar refractivity (Wildman–Crippen MR) is 99.8 cm³/mol. The predicted octanol–water partition coefficient (Wildman–Crippen LogP) is 3.21. The van der Waals surface area contributed by atoms with E-state index >= 15 is 0 Å². The lowest BCUT2D eigenvalue weighted by Gasteiger charge is -2.08. The average Bonchev–Trinajstić information content (AvgIpc) is 2.93. The Kier molecular flexibility index (Phi) is 6.68. The highest BCUT2D eigenvalue weighted by atomic mass is 32.1. The van der Waals surface area contributed by atoms with Crippen LogP contribution in [0.5, 0.6) is 0 Å². The number of anilines is 1. The molecule has 0 aliphatic carbocycles. The number of nitriles is 1. The van der Waals surface area contributed by atoms with Crippen LogP contribution in [0.25, 0.3) is 0 Å². The zero-order chi connectivity index (χ0) is 20.0. The Balaban J connectivity index is 2.01. The van der Waals surface area contributed by atoms with Crippen LogP contribution < -0.4 is 5.32 Å². The molecule has 0 aliphatic heterocycles. The molecule has 1 aromatic carbocycles. The van der Waals surface area contributed by atoms with E-state index in [0.29, 0.717) is 16.1 Å². The number of nitrogens with zero attached hydrogens (tertiary/aromatic N) is 1. The third kappa shape index (κ3) is 4.92. The maximum Gasteiger partial charge on any atom is 0.341 e. The normalized spacial score (nSPS) is 10.0. The van der Waals surface area contributed by atoms with E-state index in [0.717, 1.165) is 10.4 Å². The second kappa shape index (κ2) is 8.96. The monoisotopic (exact) mass is 386 g/mol. The summed E-state index contributed by atoms with van der Waals surface area (Å²) < 4.78 is 10.0. The third-order valence-corrected chi connectivity index (χ3v) is 4.82. The smallest absolute Gasteiger partial charge is 0.341 e. The van der Waals surface area contributed by atoms with Crippen LogP contribution >= 0.6 is 11.3 Å². The van der Waals surface area contributed by atoms with Crippen molar-refractivity contribution < 1.29 is 23.9 Å². The van der Waals surface area contributed by atoms with Gasteiger partial charge in [0.15, 0.2) is 6.61 Å². The first-order valence-electron chi connectivity index (χ1n) is 8.11. The van der Waals surface area contributed by atoms with Crippen molar-refractivity contribution in [2.24, 2.45) is 0 Å². The summed E-state index contributed by atoms with van der Waals surface area (Å²) in [6, 6.07) is 7.81. The summed E-state index contributed by atoms with van der Waals surface area (Å²) in [5.41, 5.74) is 1.70. The Labute approximate surface area is 160 Å². The van der Waals surface area contributed by atoms with Gasteiger partial charge in [0.1, 0.15) is 5.00 Å². The molecule has 27 heavy (non-hydrogen) atoms. The minimum atomic E-state index is -0.682. The topological polar surface area (TPSA) is 105 Å². The number of hydrogen-bond donors (Lipinski definition) is 1. The third-order valence-electron chi connectivity index (χ3n) is 3.70. The molecule has 0 fully saturated rings. The van der Waals surface area contributed by atoms with Crippen LogP contribution in [0.3, 0.4) is 0 Å². The van der Waals surface area contributed by atoms with E-state index in [2.05, 4.69) is 5.32 Å². The van der Waals surface area contributed by atoms with Gasteiger partial charge < -0.3 is 14.8 Å². The van der Waals surface area contributed by atoms with E-state index in [4.69, 9.17) is 14.7 Å². The molecular formula is C19H18N2O5S. The maximum atomic E-state index is 12.1. The molecule has 0 saturated heterocycles. The summed E-state index contributed by atoms with van der Waals surface area (Å²) in [5, 5.41) is 11.7. The fourth-order valence-corrected chi connectivity index (χ4v) is 3.29. The summed E-state index contributed by atoms with van der Waals surface area (Å²) in [4.78, 5) is 37.1. The van der Waals surface area contributed by atoms with Gasteiger partial charge in [-0.25, -0.2) is 9.59 Å². The van der Waals surface area contributed by atoms with Crippen molar-refractivity contribution in [3.8, 4) is 6.07 Å². The standard InChI is InChI=1S/C19H18N2O5S/c1-4-25-19(24)16-11(2)12(3)27-17(16)21-15(22)10-26-18(23)14-7-5-13(9-20)6-8-14/h5-8H,4,10H2,1-3H3,(H,21,22). The first-order valence-corrected chi connectivity index (χ1v) is 8.93. The molecule has 8 heteroatoms. The van der Waals surface area contributed by atoms with Gasteiger partial charge in [0.25, 0.3) is 5.91 Å². The number of hydrogen-bond acceptors (Lipinski definition) is 7. The number of carbonyl (C=O) groups is 3. The molecule has 0 unspecified atom stereocenters. The van der Waals surface area contributed by atoms with Gasteiger partial charge >= 0.3 is 11.9 Å². The molecule has 1 heterocycles. The van der Waals surface area contributed by atoms with E-state index in [9.17, 15) is 14.4 Å². The van der Waals surface area contributed by atoms with Crippen LogP contribution in [0, 0.1) is 25.2 Å². The van der Waals surface area contributed by atoms with Gasteiger partial charge in [0, 0.05) is 4.88 Å². The van der Waals surface area contributed by atoms with Crippen LogP contribution in [0.2, 0.25) is 0 Å². The molecule has 140 valence electrons. The molecule has 0 saturated carbocycles. The van der Waals surface area contributed by atoms with Crippen molar-refractivity contribution in [1.82, 2.24) is 0 Å². The quantitative estimate of drug-likeness (QED) is 0.764. The first-order chi connectivity index (χ1) is 12.9. The number of carbonyl (C=O) groups excluding carboxylic acids is 3. The molecular weight excluding hydrogens is 368 g/mol. The van der Waals surface area contributed by atoms with E-state index < -0.39 is 24.5 Å². The molecule has 1 N–H and O–H groups in total. The number of ether oxygens (including phenoxy) is 2. The molecule has 0 aliphatic rings. The SMILES string of the molecule is CCOC(=O)c1c(NC(=O)COC(=O)c2ccc(C#N)cc2)sc(C)c1C. The average molecular weight is 386 g/mol. The molecule has 0 spiro atoms. The number of amides is 1. The molecule has 1 amide bonds. The van der Waals surface area contributed by atoms with Crippen LogP contribution in [-0.2, 0) is 14.3 Å². The maximum absolute atomic E-state index is 12.1. The van der Waals surface area contributed by atoms with Crippen LogP contribution in [-0.4, -0.2) is 31.1 Å². The number of rotatable bonds is 6. The van der Waals surface area contributed by atoms with Crippen molar-refractivity contribution in [2.45, 2.75) is 20.8 Å². The van der Waals surface area contributed by atoms with E-state index in [1.807, 2.05) is 13.0 Å². The van der Waals surface area contributed by atoms with Gasteiger partial charge in [-0.3, -0.25) is 4.79 Å². The lowest BCUT2D eigenvalue weighted by molar-refractivity contribution is -0.119. The minimum Gasteiger partial charge on any atom is -0.462 e. The first kappa shape index (κ1) is 20.1. The highest BCUT2D eigenvalue weighted by Gasteiger charge is 2.22. The highest BCUT2D eigenvalue weighted by Crippen LogP contribution is 2.33. The Bertz CT molecular complexity index is 909. The fraction of sp³-hybridized carbons (Fsp3) is 0.263. The van der Waals surface area contributed by atoms with Gasteiger partial charge in [-0.05, 0) is 50.6 Å². The minimum absolute atomic E-state index is 0.225. The Morgan fingerprint density at radius 3 is 2.37 bits per heavy atom. The van der Waals surface area contributed by atoms with Gasteiger partial charge in [-0.1, -0.05) is 0 Å². The largest absolute Gasteiger partial charge is 0.462 e. The van der Waals surface area contributed by atoms with Gasteiger partial charge in [0.2, 0.25) is 0 Å². The molecule has 0 bridgehead atoms. The number of thiophene rings is 1. The summed E-state index contributed by atoms with van der Waals surface area (Å²) in [5.74, 6) is -1.76. The molecule has 1 aromatic heterocycles. The van der Waals surface area contributed by atoms with Crippen molar-refractivity contribution >= 4 is 34.2 Å².